The fraction of sp³-hybridized carbons (Fsp3) is 1.00. The van der Waals surface area contributed by atoms with Crippen LogP contribution in [0.4, 0.5) is 0 Å². The van der Waals surface area contributed by atoms with E-state index < -0.39 is 10.0 Å². The number of nitrogens with zero attached hydrogens (tertiary/aromatic N) is 2. The van der Waals surface area contributed by atoms with Crippen LogP contribution in [0.1, 0.15) is 40.0 Å². The van der Waals surface area contributed by atoms with Crippen LogP contribution in [0.15, 0.2) is 0 Å². The molecule has 5 nitrogen and oxygen atoms in total. The van der Waals surface area contributed by atoms with Crippen molar-refractivity contribution in [3.8, 4) is 0 Å². The molecule has 126 valence electrons. The van der Waals surface area contributed by atoms with Crippen molar-refractivity contribution in [1.29, 1.82) is 0 Å². The monoisotopic (exact) mass is 320 g/mol. The van der Waals surface area contributed by atoms with Crippen molar-refractivity contribution in [1.82, 2.24) is 9.21 Å². The number of piperidine rings is 1. The van der Waals surface area contributed by atoms with Crippen LogP contribution in [0.5, 0.6) is 0 Å². The van der Waals surface area contributed by atoms with Crippen LogP contribution in [0.2, 0.25) is 0 Å². The van der Waals surface area contributed by atoms with Gasteiger partial charge in [0.25, 0.3) is 0 Å². The van der Waals surface area contributed by atoms with Crippen molar-refractivity contribution >= 4 is 10.0 Å². The minimum absolute atomic E-state index is 0.209. The highest BCUT2D eigenvalue weighted by molar-refractivity contribution is 7.88. The summed E-state index contributed by atoms with van der Waals surface area (Å²) in [5, 5.41) is 9.05. The van der Waals surface area contributed by atoms with Gasteiger partial charge in [0, 0.05) is 39.3 Å². The first-order valence-corrected chi connectivity index (χ1v) is 9.75. The third-order valence-corrected chi connectivity index (χ3v) is 5.07. The molecule has 21 heavy (non-hydrogen) atoms. The second-order valence-electron chi connectivity index (χ2n) is 7.50. The molecule has 0 bridgehead atoms. The van der Waals surface area contributed by atoms with E-state index in [0.717, 1.165) is 38.9 Å². The Hall–Kier alpha value is -0.170. The Balaban J connectivity index is 2.60. The van der Waals surface area contributed by atoms with E-state index in [-0.39, 0.29) is 12.0 Å². The second kappa shape index (κ2) is 7.90. The van der Waals surface area contributed by atoms with E-state index in [0.29, 0.717) is 19.0 Å². The van der Waals surface area contributed by atoms with E-state index in [1.54, 1.807) is 4.31 Å². The van der Waals surface area contributed by atoms with Crippen molar-refractivity contribution in [3.05, 3.63) is 0 Å². The molecule has 1 unspecified atom stereocenters. The minimum atomic E-state index is -3.07. The SMILES string of the molecule is CC(C)(C)CN(CCCO)CC1CCCN(S(C)(=O)=O)C1. The third-order valence-electron chi connectivity index (χ3n) is 3.80. The molecule has 0 spiro atoms. The first kappa shape index (κ1) is 18.9. The molecule has 1 atom stereocenters. The van der Waals surface area contributed by atoms with Crippen molar-refractivity contribution in [2.24, 2.45) is 11.3 Å². The molecule has 1 aliphatic heterocycles. The highest BCUT2D eigenvalue weighted by Gasteiger charge is 2.28. The van der Waals surface area contributed by atoms with Crippen LogP contribution < -0.4 is 0 Å². The first-order chi connectivity index (χ1) is 9.62. The minimum Gasteiger partial charge on any atom is -0.396 e. The summed E-state index contributed by atoms with van der Waals surface area (Å²) in [5.41, 5.74) is 0.209. The highest BCUT2D eigenvalue weighted by Crippen LogP contribution is 2.22. The first-order valence-electron chi connectivity index (χ1n) is 7.90. The van der Waals surface area contributed by atoms with Crippen molar-refractivity contribution in [2.75, 3.05) is 45.6 Å². The van der Waals surface area contributed by atoms with Gasteiger partial charge in [-0.3, -0.25) is 0 Å². The highest BCUT2D eigenvalue weighted by atomic mass is 32.2. The third kappa shape index (κ3) is 7.58. The van der Waals surface area contributed by atoms with E-state index >= 15 is 0 Å². The maximum Gasteiger partial charge on any atom is 0.211 e. The fourth-order valence-corrected chi connectivity index (χ4v) is 3.98. The predicted molar refractivity (Wildman–Crippen MR) is 86.7 cm³/mol. The predicted octanol–water partition coefficient (Wildman–Crippen LogP) is 1.39. The zero-order valence-electron chi connectivity index (χ0n) is 14.0. The lowest BCUT2D eigenvalue weighted by atomic mass is 9.94. The van der Waals surface area contributed by atoms with Crippen LogP contribution in [0, 0.1) is 11.3 Å². The Kier molecular flexibility index (Phi) is 7.10. The summed E-state index contributed by atoms with van der Waals surface area (Å²) >= 11 is 0. The summed E-state index contributed by atoms with van der Waals surface area (Å²) in [5.74, 6) is 0.398. The van der Waals surface area contributed by atoms with Crippen LogP contribution in [-0.2, 0) is 10.0 Å². The van der Waals surface area contributed by atoms with Crippen LogP contribution in [0.3, 0.4) is 0 Å². The largest absolute Gasteiger partial charge is 0.396 e. The summed E-state index contributed by atoms with van der Waals surface area (Å²) in [6.45, 7) is 10.9. The van der Waals surface area contributed by atoms with Gasteiger partial charge >= 0.3 is 0 Å². The lowest BCUT2D eigenvalue weighted by Crippen LogP contribution is -2.45. The number of aliphatic hydroxyl groups excluding tert-OH is 1. The van der Waals surface area contributed by atoms with Gasteiger partial charge in [-0.15, -0.1) is 0 Å². The van der Waals surface area contributed by atoms with E-state index in [1.807, 2.05) is 0 Å². The van der Waals surface area contributed by atoms with Gasteiger partial charge in [0.15, 0.2) is 0 Å². The van der Waals surface area contributed by atoms with Gasteiger partial charge < -0.3 is 10.0 Å². The normalized spacial score (nSPS) is 21.9. The van der Waals surface area contributed by atoms with Gasteiger partial charge in [-0.05, 0) is 30.6 Å². The summed E-state index contributed by atoms with van der Waals surface area (Å²) in [6.07, 6.45) is 4.11. The lowest BCUT2D eigenvalue weighted by molar-refractivity contribution is 0.130. The zero-order chi connectivity index (χ0) is 16.1. The molecule has 1 rings (SSSR count). The number of aliphatic hydroxyl groups is 1. The molecule has 0 aromatic rings. The molecule has 0 aromatic carbocycles. The lowest BCUT2D eigenvalue weighted by Gasteiger charge is -2.36. The smallest absolute Gasteiger partial charge is 0.211 e. The summed E-state index contributed by atoms with van der Waals surface area (Å²) in [4.78, 5) is 2.38. The Morgan fingerprint density at radius 2 is 2.00 bits per heavy atom. The van der Waals surface area contributed by atoms with Crippen LogP contribution in [-0.4, -0.2) is 68.3 Å². The molecule has 0 radical (unpaired) electrons. The molecule has 0 saturated carbocycles. The number of sulfonamides is 1. The van der Waals surface area contributed by atoms with E-state index in [2.05, 4.69) is 25.7 Å². The molecule has 1 saturated heterocycles. The second-order valence-corrected chi connectivity index (χ2v) is 9.48. The van der Waals surface area contributed by atoms with Gasteiger partial charge in [0.1, 0.15) is 0 Å². The molecule has 1 fully saturated rings. The topological polar surface area (TPSA) is 60.9 Å². The van der Waals surface area contributed by atoms with Crippen LogP contribution in [0.25, 0.3) is 0 Å². The van der Waals surface area contributed by atoms with Crippen molar-refractivity contribution in [3.63, 3.8) is 0 Å². The quantitative estimate of drug-likeness (QED) is 0.770. The summed E-state index contributed by atoms with van der Waals surface area (Å²) < 4.78 is 25.0. The zero-order valence-corrected chi connectivity index (χ0v) is 14.8. The number of hydrogen-bond donors (Lipinski definition) is 1. The van der Waals surface area contributed by atoms with Crippen molar-refractivity contribution < 1.29 is 13.5 Å². The van der Waals surface area contributed by atoms with E-state index in [9.17, 15) is 8.42 Å². The maximum absolute atomic E-state index is 11.7. The average Bonchev–Trinajstić information content (AvgIpc) is 2.33. The molecular formula is C15H32N2O3S. The Bertz CT molecular complexity index is 404. The van der Waals surface area contributed by atoms with Crippen molar-refractivity contribution in [2.45, 2.75) is 40.0 Å². The number of rotatable bonds is 7. The average molecular weight is 320 g/mol. The molecule has 0 amide bonds. The van der Waals surface area contributed by atoms with Gasteiger partial charge in [-0.25, -0.2) is 12.7 Å². The Morgan fingerprint density at radius 1 is 1.33 bits per heavy atom. The van der Waals surface area contributed by atoms with E-state index in [4.69, 9.17) is 5.11 Å². The van der Waals surface area contributed by atoms with Gasteiger partial charge in [0.2, 0.25) is 10.0 Å². The standard InChI is InChI=1S/C15H32N2O3S/c1-15(2,3)13-16(8-6-10-18)11-14-7-5-9-17(12-14)21(4,19)20/h14,18H,5-13H2,1-4H3. The molecule has 6 heteroatoms. The van der Waals surface area contributed by atoms with Crippen LogP contribution >= 0.6 is 0 Å². The number of hydrogen-bond acceptors (Lipinski definition) is 4. The summed E-state index contributed by atoms with van der Waals surface area (Å²) in [7, 11) is -3.07. The Morgan fingerprint density at radius 3 is 2.52 bits per heavy atom. The molecular weight excluding hydrogens is 288 g/mol. The summed E-state index contributed by atoms with van der Waals surface area (Å²) in [6, 6.07) is 0. The van der Waals surface area contributed by atoms with Gasteiger partial charge in [-0.2, -0.15) is 0 Å². The Labute approximate surface area is 130 Å². The molecule has 1 heterocycles. The molecule has 1 aliphatic rings. The van der Waals surface area contributed by atoms with Gasteiger partial charge in [0.05, 0.1) is 6.26 Å². The molecule has 0 aromatic heterocycles. The molecule has 1 N–H and O–H groups in total. The fourth-order valence-electron chi connectivity index (χ4n) is 3.04. The van der Waals surface area contributed by atoms with Gasteiger partial charge in [-0.1, -0.05) is 20.8 Å². The van der Waals surface area contributed by atoms with E-state index in [1.165, 1.54) is 6.26 Å². The molecule has 0 aliphatic carbocycles. The maximum atomic E-state index is 11.7.